The van der Waals surface area contributed by atoms with Gasteiger partial charge in [-0.1, -0.05) is 20.8 Å². The van der Waals surface area contributed by atoms with Gasteiger partial charge < -0.3 is 13.9 Å². The van der Waals surface area contributed by atoms with Gasteiger partial charge in [-0.25, -0.2) is 0 Å². The first-order valence-electron chi connectivity index (χ1n) is 6.22. The Hall–Kier alpha value is 0.0969. The second-order valence-electron chi connectivity index (χ2n) is 6.41. The molecular formula is C12H24O3Si. The molecule has 2 heterocycles. The summed E-state index contributed by atoms with van der Waals surface area (Å²) >= 11 is 0. The van der Waals surface area contributed by atoms with Gasteiger partial charge in [-0.2, -0.15) is 0 Å². The topological polar surface area (TPSA) is 31.0 Å². The summed E-state index contributed by atoms with van der Waals surface area (Å²) in [4.78, 5) is 0. The maximum atomic E-state index is 6.13. The molecule has 94 valence electrons. The van der Waals surface area contributed by atoms with Crippen molar-refractivity contribution in [2.24, 2.45) is 0 Å². The molecule has 2 rings (SSSR count). The van der Waals surface area contributed by atoms with Crippen LogP contribution in [0.2, 0.25) is 18.1 Å². The molecule has 0 N–H and O–H groups in total. The molecule has 0 radical (unpaired) electrons. The molecule has 2 saturated heterocycles. The predicted octanol–water partition coefficient (Wildman–Crippen LogP) is 2.56. The second kappa shape index (κ2) is 4.09. The molecular weight excluding hydrogens is 220 g/mol. The molecule has 0 amide bonds. The Morgan fingerprint density at radius 3 is 2.44 bits per heavy atom. The molecule has 4 heteroatoms. The average Bonchev–Trinajstić information content (AvgIpc) is 2.81. The Morgan fingerprint density at radius 2 is 2.00 bits per heavy atom. The van der Waals surface area contributed by atoms with E-state index >= 15 is 0 Å². The van der Waals surface area contributed by atoms with E-state index in [1.54, 1.807) is 0 Å². The van der Waals surface area contributed by atoms with Gasteiger partial charge in [0.1, 0.15) is 12.2 Å². The third-order valence-electron chi connectivity index (χ3n) is 4.13. The van der Waals surface area contributed by atoms with E-state index in [9.17, 15) is 0 Å². The first kappa shape index (κ1) is 12.6. The summed E-state index contributed by atoms with van der Waals surface area (Å²) in [5.74, 6) is 0. The maximum absolute atomic E-state index is 6.13. The van der Waals surface area contributed by atoms with Crippen LogP contribution in [0.4, 0.5) is 0 Å². The van der Waals surface area contributed by atoms with Crippen LogP contribution in [-0.2, 0) is 13.9 Å². The van der Waals surface area contributed by atoms with E-state index in [4.69, 9.17) is 13.9 Å². The zero-order valence-corrected chi connectivity index (χ0v) is 12.1. The van der Waals surface area contributed by atoms with Crippen molar-refractivity contribution in [3.63, 3.8) is 0 Å². The predicted molar refractivity (Wildman–Crippen MR) is 66.2 cm³/mol. The van der Waals surface area contributed by atoms with Crippen LogP contribution in [0.25, 0.3) is 0 Å². The van der Waals surface area contributed by atoms with Gasteiger partial charge in [-0.3, -0.25) is 0 Å². The summed E-state index contributed by atoms with van der Waals surface area (Å²) in [5.41, 5.74) is 0. The molecule has 0 aliphatic carbocycles. The third-order valence-corrected chi connectivity index (χ3v) is 8.67. The van der Waals surface area contributed by atoms with E-state index in [-0.39, 0.29) is 6.10 Å². The fourth-order valence-corrected chi connectivity index (χ4v) is 2.89. The fraction of sp³-hybridized carbons (Fsp3) is 1.00. The lowest BCUT2D eigenvalue weighted by Crippen LogP contribution is -2.41. The van der Waals surface area contributed by atoms with Gasteiger partial charge in [0.05, 0.1) is 12.7 Å². The van der Waals surface area contributed by atoms with E-state index in [1.165, 1.54) is 0 Å². The maximum Gasteiger partial charge on any atom is 0.191 e. The van der Waals surface area contributed by atoms with Crippen LogP contribution in [0.15, 0.2) is 0 Å². The van der Waals surface area contributed by atoms with Gasteiger partial charge in [0, 0.05) is 6.61 Å². The molecule has 0 saturated carbocycles. The summed E-state index contributed by atoms with van der Waals surface area (Å²) in [6.07, 6.45) is 2.05. The van der Waals surface area contributed by atoms with Crippen molar-refractivity contribution in [1.29, 1.82) is 0 Å². The second-order valence-corrected chi connectivity index (χ2v) is 11.2. The number of ether oxygens (including phenoxy) is 2. The van der Waals surface area contributed by atoms with Gasteiger partial charge >= 0.3 is 0 Å². The lowest BCUT2D eigenvalue weighted by atomic mass is 10.2. The molecule has 0 spiro atoms. The zero-order chi connectivity index (χ0) is 12.0. The molecule has 2 fully saturated rings. The molecule has 0 aromatic heterocycles. The molecule has 2 aliphatic rings. The van der Waals surface area contributed by atoms with Crippen molar-refractivity contribution in [3.05, 3.63) is 0 Å². The standard InChI is InChI=1S/C12H24O3Si/c1-12(2,3)16(4,5)14-7-6-9-11-10(15-11)8-13-9/h9-11H,6-8H2,1-5H3/t9-,10+,11-/m0/s1. The van der Waals surface area contributed by atoms with Gasteiger partial charge in [0.15, 0.2) is 8.32 Å². The minimum absolute atomic E-state index is 0.287. The first-order valence-corrected chi connectivity index (χ1v) is 9.13. The Morgan fingerprint density at radius 1 is 1.31 bits per heavy atom. The minimum atomic E-state index is -1.58. The highest BCUT2D eigenvalue weighted by atomic mass is 28.4. The molecule has 16 heavy (non-hydrogen) atoms. The summed E-state index contributed by atoms with van der Waals surface area (Å²) in [6.45, 7) is 13.0. The fourth-order valence-electron chi connectivity index (χ4n) is 1.83. The van der Waals surface area contributed by atoms with E-state index in [1.807, 2.05) is 0 Å². The normalized spacial score (nSPS) is 33.9. The minimum Gasteiger partial charge on any atom is -0.417 e. The zero-order valence-electron chi connectivity index (χ0n) is 11.1. The molecule has 0 aromatic carbocycles. The molecule has 0 unspecified atom stereocenters. The van der Waals surface area contributed by atoms with E-state index in [2.05, 4.69) is 33.9 Å². The van der Waals surface area contributed by atoms with E-state index < -0.39 is 8.32 Å². The quantitative estimate of drug-likeness (QED) is 0.562. The Labute approximate surface area is 99.6 Å². The van der Waals surface area contributed by atoms with Gasteiger partial charge in [-0.15, -0.1) is 0 Å². The number of hydrogen-bond acceptors (Lipinski definition) is 3. The Bertz CT molecular complexity index is 259. The molecule has 0 aromatic rings. The largest absolute Gasteiger partial charge is 0.417 e. The van der Waals surface area contributed by atoms with Crippen LogP contribution in [0.5, 0.6) is 0 Å². The molecule has 3 nitrogen and oxygen atoms in total. The van der Waals surface area contributed by atoms with Crippen LogP contribution in [-0.4, -0.2) is 39.8 Å². The monoisotopic (exact) mass is 244 g/mol. The third kappa shape index (κ3) is 2.50. The van der Waals surface area contributed by atoms with Crippen molar-refractivity contribution in [3.8, 4) is 0 Å². The van der Waals surface area contributed by atoms with Crippen molar-refractivity contribution >= 4 is 8.32 Å². The van der Waals surface area contributed by atoms with Crippen LogP contribution in [0, 0.1) is 0 Å². The molecule has 0 bridgehead atoms. The Kier molecular flexibility index (Phi) is 3.21. The number of epoxide rings is 1. The van der Waals surface area contributed by atoms with Crippen LogP contribution in [0.3, 0.4) is 0 Å². The van der Waals surface area contributed by atoms with Gasteiger partial charge in [-0.05, 0) is 24.6 Å². The summed E-state index contributed by atoms with van der Waals surface area (Å²) in [6, 6.07) is 0. The lowest BCUT2D eigenvalue weighted by molar-refractivity contribution is 0.0163. The summed E-state index contributed by atoms with van der Waals surface area (Å²) in [7, 11) is -1.58. The highest BCUT2D eigenvalue weighted by Gasteiger charge is 2.51. The van der Waals surface area contributed by atoms with Crippen LogP contribution in [0.1, 0.15) is 27.2 Å². The number of fused-ring (bicyclic) bond motifs is 1. The van der Waals surface area contributed by atoms with Crippen LogP contribution >= 0.6 is 0 Å². The highest BCUT2D eigenvalue weighted by molar-refractivity contribution is 6.74. The van der Waals surface area contributed by atoms with Crippen molar-refractivity contribution in [2.45, 2.75) is 63.6 Å². The van der Waals surface area contributed by atoms with Gasteiger partial charge in [0.2, 0.25) is 0 Å². The van der Waals surface area contributed by atoms with Crippen molar-refractivity contribution in [2.75, 3.05) is 13.2 Å². The molecule has 3 atom stereocenters. The van der Waals surface area contributed by atoms with E-state index in [0.717, 1.165) is 19.6 Å². The smallest absolute Gasteiger partial charge is 0.191 e. The van der Waals surface area contributed by atoms with Crippen molar-refractivity contribution in [1.82, 2.24) is 0 Å². The van der Waals surface area contributed by atoms with Gasteiger partial charge in [0.25, 0.3) is 0 Å². The SMILES string of the molecule is CC(C)(C)[Si](C)(C)OCC[C@@H]1OC[C@H]2O[C@@H]12. The highest BCUT2D eigenvalue weighted by Crippen LogP contribution is 2.38. The summed E-state index contributed by atoms with van der Waals surface area (Å²) < 4.78 is 17.2. The lowest BCUT2D eigenvalue weighted by Gasteiger charge is -2.36. The van der Waals surface area contributed by atoms with Crippen LogP contribution < -0.4 is 0 Å². The first-order chi connectivity index (χ1) is 7.31. The van der Waals surface area contributed by atoms with E-state index in [0.29, 0.717) is 17.2 Å². The number of hydrogen-bond donors (Lipinski definition) is 0. The number of rotatable bonds is 4. The summed E-state index contributed by atoms with van der Waals surface area (Å²) in [5, 5.41) is 0.294. The molecule has 2 aliphatic heterocycles. The van der Waals surface area contributed by atoms with Crippen molar-refractivity contribution < 1.29 is 13.9 Å². The Balaban J connectivity index is 1.71. The average molecular weight is 244 g/mol.